The number of nitrogens with one attached hydrogen (secondary N) is 2. The second kappa shape index (κ2) is 5.83. The van der Waals surface area contributed by atoms with Crippen LogP contribution in [0.2, 0.25) is 0 Å². The van der Waals surface area contributed by atoms with Gasteiger partial charge in [0.15, 0.2) is 5.13 Å². The van der Waals surface area contributed by atoms with Crippen molar-refractivity contribution in [1.29, 1.82) is 0 Å². The topological polar surface area (TPSA) is 63.2 Å². The highest BCUT2D eigenvalue weighted by molar-refractivity contribution is 7.14. The monoisotopic (exact) mass is 303 g/mol. The molecule has 5 nitrogen and oxygen atoms in total. The van der Waals surface area contributed by atoms with Gasteiger partial charge in [0.25, 0.3) is 0 Å². The van der Waals surface area contributed by atoms with Crippen LogP contribution in [0.25, 0.3) is 11.3 Å². The number of thiazole rings is 1. The molecule has 0 radical (unpaired) electrons. The highest BCUT2D eigenvalue weighted by Crippen LogP contribution is 2.36. The number of anilines is 2. The minimum Gasteiger partial charge on any atom is -0.383 e. The Labute approximate surface area is 127 Å². The molecule has 0 saturated heterocycles. The Morgan fingerprint density at radius 3 is 3.14 bits per heavy atom. The van der Waals surface area contributed by atoms with E-state index in [1.54, 1.807) is 18.4 Å². The molecule has 0 bridgehead atoms. The number of hydrogen-bond donors (Lipinski definition) is 2. The molecule has 0 fully saturated rings. The maximum atomic E-state index is 11.7. The molecule has 110 valence electrons. The fourth-order valence-electron chi connectivity index (χ4n) is 2.32. The summed E-state index contributed by atoms with van der Waals surface area (Å²) in [7, 11) is 1.68. The molecule has 1 atom stereocenters. The third-order valence-electron chi connectivity index (χ3n) is 3.55. The van der Waals surface area contributed by atoms with Gasteiger partial charge in [-0.15, -0.1) is 11.3 Å². The predicted octanol–water partition coefficient (Wildman–Crippen LogP) is 2.92. The summed E-state index contributed by atoms with van der Waals surface area (Å²) in [6.45, 7) is 3.31. The number of fused-ring (bicyclic) bond motifs is 1. The summed E-state index contributed by atoms with van der Waals surface area (Å²) in [6.07, 6.45) is 0. The molecule has 6 heteroatoms. The van der Waals surface area contributed by atoms with E-state index in [0.29, 0.717) is 6.61 Å². The number of nitrogens with zero attached hydrogens (tertiary/aromatic N) is 1. The summed E-state index contributed by atoms with van der Waals surface area (Å²) < 4.78 is 5.00. The highest BCUT2D eigenvalue weighted by atomic mass is 32.1. The largest absolute Gasteiger partial charge is 0.383 e. The van der Waals surface area contributed by atoms with E-state index in [0.717, 1.165) is 34.2 Å². The summed E-state index contributed by atoms with van der Waals surface area (Å²) in [5, 5.41) is 9.00. The number of aromatic nitrogens is 1. The van der Waals surface area contributed by atoms with Gasteiger partial charge in [-0.2, -0.15) is 0 Å². The molecule has 3 rings (SSSR count). The van der Waals surface area contributed by atoms with Gasteiger partial charge in [0.1, 0.15) is 0 Å². The van der Waals surface area contributed by atoms with Crippen molar-refractivity contribution in [2.45, 2.75) is 12.8 Å². The molecular weight excluding hydrogens is 286 g/mol. The van der Waals surface area contributed by atoms with Crippen LogP contribution in [0, 0.1) is 0 Å². The average molecular weight is 303 g/mol. The molecule has 2 heterocycles. The Hall–Kier alpha value is -1.92. The lowest BCUT2D eigenvalue weighted by Crippen LogP contribution is -2.08. The number of ether oxygens (including phenoxy) is 1. The van der Waals surface area contributed by atoms with Crippen LogP contribution in [0.5, 0.6) is 0 Å². The third kappa shape index (κ3) is 2.77. The summed E-state index contributed by atoms with van der Waals surface area (Å²) in [6, 6.07) is 5.99. The second-order valence-corrected chi connectivity index (χ2v) is 5.83. The number of carbonyl (C=O) groups is 1. The molecule has 21 heavy (non-hydrogen) atoms. The number of rotatable bonds is 5. The maximum absolute atomic E-state index is 11.7. The minimum atomic E-state index is -0.0992. The van der Waals surface area contributed by atoms with E-state index in [9.17, 15) is 4.79 Å². The van der Waals surface area contributed by atoms with Crippen LogP contribution in [0.4, 0.5) is 10.8 Å². The van der Waals surface area contributed by atoms with Crippen LogP contribution in [0.3, 0.4) is 0 Å². The van der Waals surface area contributed by atoms with Crippen molar-refractivity contribution < 1.29 is 9.53 Å². The maximum Gasteiger partial charge on any atom is 0.231 e. The number of methoxy groups -OCH3 is 1. The molecule has 1 aromatic heterocycles. The first-order chi connectivity index (χ1) is 10.2. The van der Waals surface area contributed by atoms with E-state index in [2.05, 4.69) is 15.6 Å². The molecule has 0 saturated carbocycles. The summed E-state index contributed by atoms with van der Waals surface area (Å²) in [5.74, 6) is -0.0415. The van der Waals surface area contributed by atoms with Gasteiger partial charge in [-0.1, -0.05) is 6.07 Å². The SMILES string of the molecule is COCCNc1nc(-c2ccc3c(c2)[C@H](C)C(=O)N3)cs1. The summed E-state index contributed by atoms with van der Waals surface area (Å²) in [4.78, 5) is 16.3. The molecule has 1 aliphatic rings. The Kier molecular flexibility index (Phi) is 3.90. The molecule has 2 aromatic rings. The van der Waals surface area contributed by atoms with Crippen LogP contribution in [-0.4, -0.2) is 31.2 Å². The summed E-state index contributed by atoms with van der Waals surface area (Å²) in [5.41, 5.74) is 3.91. The van der Waals surface area contributed by atoms with E-state index in [1.165, 1.54) is 0 Å². The lowest BCUT2D eigenvalue weighted by atomic mass is 10.00. The van der Waals surface area contributed by atoms with Crippen molar-refractivity contribution in [2.75, 3.05) is 30.9 Å². The molecule has 1 aliphatic heterocycles. The fraction of sp³-hybridized carbons (Fsp3) is 0.333. The average Bonchev–Trinajstić information content (AvgIpc) is 3.05. The van der Waals surface area contributed by atoms with Crippen molar-refractivity contribution in [3.63, 3.8) is 0 Å². The van der Waals surface area contributed by atoms with E-state index in [4.69, 9.17) is 4.74 Å². The van der Waals surface area contributed by atoms with Crippen LogP contribution in [0.1, 0.15) is 18.4 Å². The van der Waals surface area contributed by atoms with Crippen LogP contribution >= 0.6 is 11.3 Å². The van der Waals surface area contributed by atoms with E-state index in [1.807, 2.05) is 30.5 Å². The number of carbonyl (C=O) groups excluding carboxylic acids is 1. The smallest absolute Gasteiger partial charge is 0.231 e. The Morgan fingerprint density at radius 2 is 2.33 bits per heavy atom. The molecule has 0 spiro atoms. The third-order valence-corrected chi connectivity index (χ3v) is 4.35. The molecule has 2 N–H and O–H groups in total. The van der Waals surface area contributed by atoms with Gasteiger partial charge >= 0.3 is 0 Å². The van der Waals surface area contributed by atoms with Gasteiger partial charge < -0.3 is 15.4 Å². The summed E-state index contributed by atoms with van der Waals surface area (Å²) >= 11 is 1.57. The lowest BCUT2D eigenvalue weighted by Gasteiger charge is -2.04. The van der Waals surface area contributed by atoms with Crippen molar-refractivity contribution in [1.82, 2.24) is 4.98 Å². The lowest BCUT2D eigenvalue weighted by molar-refractivity contribution is -0.116. The Bertz CT molecular complexity index is 669. The quantitative estimate of drug-likeness (QED) is 0.834. The number of benzene rings is 1. The van der Waals surface area contributed by atoms with Crippen molar-refractivity contribution in [2.24, 2.45) is 0 Å². The van der Waals surface area contributed by atoms with Gasteiger partial charge in [-0.3, -0.25) is 4.79 Å². The van der Waals surface area contributed by atoms with Crippen molar-refractivity contribution in [3.05, 3.63) is 29.1 Å². The predicted molar refractivity (Wildman–Crippen MR) is 85.0 cm³/mol. The minimum absolute atomic E-state index is 0.0577. The van der Waals surface area contributed by atoms with Gasteiger partial charge in [0.05, 0.1) is 18.2 Å². The van der Waals surface area contributed by atoms with Crippen molar-refractivity contribution >= 4 is 28.1 Å². The molecule has 0 aliphatic carbocycles. The standard InChI is InChI=1S/C15H17N3O2S/c1-9-11-7-10(3-4-12(11)17-14(9)19)13-8-21-15(18-13)16-5-6-20-2/h3-4,7-9H,5-6H2,1-2H3,(H,16,18)(H,17,19)/t9-/m0/s1. The van der Waals surface area contributed by atoms with Crippen molar-refractivity contribution in [3.8, 4) is 11.3 Å². The van der Waals surface area contributed by atoms with Crippen LogP contribution in [0.15, 0.2) is 23.6 Å². The molecular formula is C15H17N3O2S. The molecule has 1 amide bonds. The second-order valence-electron chi connectivity index (χ2n) is 4.97. The Morgan fingerprint density at radius 1 is 1.48 bits per heavy atom. The van der Waals surface area contributed by atoms with E-state index >= 15 is 0 Å². The van der Waals surface area contributed by atoms with Gasteiger partial charge in [0, 0.05) is 30.3 Å². The van der Waals surface area contributed by atoms with E-state index in [-0.39, 0.29) is 11.8 Å². The number of amides is 1. The van der Waals surface area contributed by atoms with Crippen LogP contribution in [-0.2, 0) is 9.53 Å². The normalized spacial score (nSPS) is 16.7. The highest BCUT2D eigenvalue weighted by Gasteiger charge is 2.26. The number of hydrogen-bond acceptors (Lipinski definition) is 5. The molecule has 0 unspecified atom stereocenters. The van der Waals surface area contributed by atoms with Gasteiger partial charge in [-0.05, 0) is 24.6 Å². The van der Waals surface area contributed by atoms with Gasteiger partial charge in [-0.25, -0.2) is 4.98 Å². The van der Waals surface area contributed by atoms with Gasteiger partial charge in [0.2, 0.25) is 5.91 Å². The van der Waals surface area contributed by atoms with E-state index < -0.39 is 0 Å². The Balaban J connectivity index is 1.80. The first-order valence-corrected chi connectivity index (χ1v) is 7.70. The van der Waals surface area contributed by atoms with Crippen LogP contribution < -0.4 is 10.6 Å². The zero-order valence-electron chi connectivity index (χ0n) is 12.0. The molecule has 1 aromatic carbocycles. The zero-order valence-corrected chi connectivity index (χ0v) is 12.8. The first-order valence-electron chi connectivity index (χ1n) is 6.82. The fourth-order valence-corrected chi connectivity index (χ4v) is 3.07. The first kappa shape index (κ1) is 14.0. The zero-order chi connectivity index (χ0) is 14.8.